The predicted molar refractivity (Wildman–Crippen MR) is 107 cm³/mol. The zero-order chi connectivity index (χ0) is 20.9. The molecule has 0 spiro atoms. The summed E-state index contributed by atoms with van der Waals surface area (Å²) >= 11 is 1.60. The summed E-state index contributed by atoms with van der Waals surface area (Å²) in [5.74, 6) is 0.682. The van der Waals surface area contributed by atoms with Gasteiger partial charge in [-0.1, -0.05) is 12.1 Å². The molecule has 0 fully saturated rings. The van der Waals surface area contributed by atoms with Gasteiger partial charge in [-0.25, -0.2) is 4.98 Å². The van der Waals surface area contributed by atoms with E-state index in [1.165, 1.54) is 16.5 Å². The third-order valence-corrected chi connectivity index (χ3v) is 5.50. The highest BCUT2D eigenvalue weighted by Crippen LogP contribution is 2.29. The number of aromatic nitrogens is 2. The summed E-state index contributed by atoms with van der Waals surface area (Å²) in [6.07, 6.45) is 1.01. The fourth-order valence-corrected chi connectivity index (χ4v) is 3.97. The number of hydrogen-bond acceptors (Lipinski definition) is 5. The molecule has 4 rings (SSSR count). The van der Waals surface area contributed by atoms with E-state index in [1.54, 1.807) is 41.5 Å². The molecule has 1 aliphatic rings. The Bertz CT molecular complexity index is 941. The third-order valence-electron chi connectivity index (χ3n) is 4.40. The Balaban J connectivity index is 0.000000186. The van der Waals surface area contributed by atoms with Crippen molar-refractivity contribution in [1.29, 1.82) is 0 Å². The second-order valence-electron chi connectivity index (χ2n) is 6.52. The molecule has 0 saturated heterocycles. The minimum absolute atomic E-state index is 0.360. The summed E-state index contributed by atoms with van der Waals surface area (Å²) < 4.78 is 39.3. The van der Waals surface area contributed by atoms with E-state index in [1.807, 2.05) is 6.07 Å². The Morgan fingerprint density at radius 3 is 2.83 bits per heavy atom. The van der Waals surface area contributed by atoms with E-state index in [-0.39, 0.29) is 0 Å². The van der Waals surface area contributed by atoms with Crippen molar-refractivity contribution in [3.8, 4) is 0 Å². The number of carbonyl (C=O) groups is 1. The highest BCUT2D eigenvalue weighted by Gasteiger charge is 2.30. The number of fused-ring (bicyclic) bond motifs is 1. The van der Waals surface area contributed by atoms with Gasteiger partial charge < -0.3 is 15.2 Å². The second kappa shape index (κ2) is 9.23. The molecule has 0 bridgehead atoms. The smallest absolute Gasteiger partial charge is 0.372 e. The van der Waals surface area contributed by atoms with Crippen LogP contribution in [0.4, 0.5) is 19.0 Å². The monoisotopic (exact) mass is 422 g/mol. The first-order valence-electron chi connectivity index (χ1n) is 9.02. The van der Waals surface area contributed by atoms with Gasteiger partial charge in [0.25, 0.3) is 0 Å². The number of nitrogens with zero attached hydrogens (tertiary/aromatic N) is 2. The number of nitrogens with one attached hydrogen (secondary N) is 2. The summed E-state index contributed by atoms with van der Waals surface area (Å²) in [5, 5.41) is 6.13. The van der Waals surface area contributed by atoms with E-state index in [0.717, 1.165) is 42.8 Å². The fraction of sp³-hybridized carbons (Fsp3) is 0.300. The summed E-state index contributed by atoms with van der Waals surface area (Å²) in [6.45, 7) is 2.34. The van der Waals surface area contributed by atoms with E-state index in [4.69, 9.17) is 0 Å². The largest absolute Gasteiger partial charge is 0.416 e. The molecule has 1 aliphatic heterocycles. The van der Waals surface area contributed by atoms with E-state index in [0.29, 0.717) is 17.9 Å². The average Bonchev–Trinajstić information content (AvgIpc) is 3.34. The van der Waals surface area contributed by atoms with Crippen LogP contribution in [0.15, 0.2) is 42.9 Å². The summed E-state index contributed by atoms with van der Waals surface area (Å²) in [4.78, 5) is 16.6. The summed E-state index contributed by atoms with van der Waals surface area (Å²) in [6, 6.07) is 7.30. The second-order valence-corrected chi connectivity index (χ2v) is 7.69. The van der Waals surface area contributed by atoms with Crippen LogP contribution in [-0.4, -0.2) is 29.4 Å². The van der Waals surface area contributed by atoms with Crippen molar-refractivity contribution in [3.63, 3.8) is 0 Å². The maximum Gasteiger partial charge on any atom is 0.416 e. The van der Waals surface area contributed by atoms with E-state index < -0.39 is 11.7 Å². The Morgan fingerprint density at radius 2 is 2.17 bits per heavy atom. The molecule has 0 unspecified atom stereocenters. The molecule has 154 valence electrons. The molecule has 1 aromatic carbocycles. The first-order chi connectivity index (χ1) is 13.9. The lowest BCUT2D eigenvalue weighted by Crippen LogP contribution is -2.21. The minimum Gasteiger partial charge on any atom is -0.372 e. The van der Waals surface area contributed by atoms with Gasteiger partial charge >= 0.3 is 6.18 Å². The highest BCUT2D eigenvalue weighted by atomic mass is 32.1. The number of carbonyl (C=O) groups excluding carboxylic acids is 1. The first kappa shape index (κ1) is 21.1. The number of alkyl halides is 3. The first-order valence-corrected chi connectivity index (χ1v) is 9.84. The van der Waals surface area contributed by atoms with Gasteiger partial charge in [-0.15, -0.1) is 11.3 Å². The van der Waals surface area contributed by atoms with Crippen molar-refractivity contribution in [2.24, 2.45) is 0 Å². The minimum atomic E-state index is -4.30. The van der Waals surface area contributed by atoms with E-state index >= 15 is 0 Å². The van der Waals surface area contributed by atoms with Crippen LogP contribution in [-0.2, 0) is 25.7 Å². The number of anilines is 1. The lowest BCUT2D eigenvalue weighted by molar-refractivity contribution is -0.137. The zero-order valence-corrected chi connectivity index (χ0v) is 16.6. The molecular formula is C20H21F3N4OS. The average molecular weight is 422 g/mol. The molecule has 0 saturated carbocycles. The van der Waals surface area contributed by atoms with Gasteiger partial charge in [0.05, 0.1) is 16.8 Å². The maximum atomic E-state index is 12.5. The number of thiophene rings is 1. The van der Waals surface area contributed by atoms with Crippen molar-refractivity contribution in [2.45, 2.75) is 25.7 Å². The normalized spacial score (nSPS) is 13.2. The van der Waals surface area contributed by atoms with Crippen molar-refractivity contribution in [1.82, 2.24) is 14.9 Å². The van der Waals surface area contributed by atoms with Crippen LogP contribution in [0.5, 0.6) is 0 Å². The molecule has 2 aromatic heterocycles. The Labute approximate surface area is 170 Å². The number of benzene rings is 1. The molecule has 0 amide bonds. The van der Waals surface area contributed by atoms with Gasteiger partial charge in [0, 0.05) is 31.2 Å². The quantitative estimate of drug-likeness (QED) is 0.619. The number of hydrogen-bond donors (Lipinski definition) is 2. The summed E-state index contributed by atoms with van der Waals surface area (Å²) in [5.41, 5.74) is 1.31. The molecule has 0 aliphatic carbocycles. The van der Waals surface area contributed by atoms with Gasteiger partial charge in [-0.05, 0) is 42.3 Å². The molecule has 9 heteroatoms. The Hall–Kier alpha value is -2.65. The number of rotatable bonds is 4. The standard InChI is InChI=1S/C12H12F3N3.C8H9NOS/c1-16-11-7-18(8-17-11)6-9-3-2-4-10(5-9)12(13,14)15;10-5-7-3-6-1-2-9-4-8(6)11-7/h2-5,7-8,16H,6H2,1H3;3,5,9H,1-2,4H2. The van der Waals surface area contributed by atoms with Gasteiger partial charge in [0.15, 0.2) is 6.29 Å². The molecule has 3 heterocycles. The lowest BCUT2D eigenvalue weighted by Gasteiger charge is -2.10. The fourth-order valence-electron chi connectivity index (χ4n) is 2.97. The van der Waals surface area contributed by atoms with Crippen molar-refractivity contribution >= 4 is 23.4 Å². The third kappa shape index (κ3) is 5.68. The summed E-state index contributed by atoms with van der Waals surface area (Å²) in [7, 11) is 1.73. The van der Waals surface area contributed by atoms with Crippen LogP contribution in [0.2, 0.25) is 0 Å². The van der Waals surface area contributed by atoms with Gasteiger partial charge in [-0.2, -0.15) is 13.2 Å². The van der Waals surface area contributed by atoms with Gasteiger partial charge in [0.1, 0.15) is 5.82 Å². The SMILES string of the molecule is CNc1cn(Cc2cccc(C(F)(F)F)c2)cn1.O=Cc1cc2c(s1)CNCC2. The molecule has 3 aromatic rings. The number of imidazole rings is 1. The highest BCUT2D eigenvalue weighted by molar-refractivity contribution is 7.13. The molecule has 0 atom stereocenters. The zero-order valence-electron chi connectivity index (χ0n) is 15.8. The lowest BCUT2D eigenvalue weighted by atomic mass is 10.1. The van der Waals surface area contributed by atoms with Crippen LogP contribution in [0.1, 0.15) is 31.2 Å². The molecule has 0 radical (unpaired) electrons. The van der Waals surface area contributed by atoms with Gasteiger partial charge in [0.2, 0.25) is 0 Å². The van der Waals surface area contributed by atoms with Crippen LogP contribution < -0.4 is 10.6 Å². The predicted octanol–water partition coefficient (Wildman–Crippen LogP) is 4.20. The van der Waals surface area contributed by atoms with Crippen molar-refractivity contribution in [2.75, 3.05) is 18.9 Å². The Morgan fingerprint density at radius 1 is 1.34 bits per heavy atom. The topological polar surface area (TPSA) is 59.0 Å². The number of aldehydes is 1. The molecule has 5 nitrogen and oxygen atoms in total. The van der Waals surface area contributed by atoms with Crippen LogP contribution >= 0.6 is 11.3 Å². The van der Waals surface area contributed by atoms with Crippen LogP contribution in [0.25, 0.3) is 0 Å². The van der Waals surface area contributed by atoms with E-state index in [9.17, 15) is 18.0 Å². The number of halogens is 3. The molecule has 29 heavy (non-hydrogen) atoms. The van der Waals surface area contributed by atoms with Gasteiger partial charge in [-0.3, -0.25) is 4.79 Å². The van der Waals surface area contributed by atoms with Crippen molar-refractivity contribution in [3.05, 3.63) is 69.3 Å². The molecular weight excluding hydrogens is 401 g/mol. The molecule has 2 N–H and O–H groups in total. The van der Waals surface area contributed by atoms with Crippen molar-refractivity contribution < 1.29 is 18.0 Å². The Kier molecular flexibility index (Phi) is 6.71. The maximum absolute atomic E-state index is 12.5. The van der Waals surface area contributed by atoms with Crippen LogP contribution in [0, 0.1) is 0 Å². The van der Waals surface area contributed by atoms with Crippen LogP contribution in [0.3, 0.4) is 0 Å². The van der Waals surface area contributed by atoms with E-state index in [2.05, 4.69) is 15.6 Å².